The van der Waals surface area contributed by atoms with Crippen molar-refractivity contribution in [3.05, 3.63) is 29.8 Å². The molecule has 3 nitrogen and oxygen atoms in total. The summed E-state index contributed by atoms with van der Waals surface area (Å²) in [6.45, 7) is -0.917. The van der Waals surface area contributed by atoms with Crippen molar-refractivity contribution in [2.45, 2.75) is 25.6 Å². The summed E-state index contributed by atoms with van der Waals surface area (Å²) >= 11 is 0. The third-order valence-corrected chi connectivity index (χ3v) is 2.74. The van der Waals surface area contributed by atoms with Gasteiger partial charge in [-0.25, -0.2) is 0 Å². The second-order valence-electron chi connectivity index (χ2n) is 4.54. The highest BCUT2D eigenvalue weighted by atomic mass is 19.4. The number of alkyl halides is 3. The molecule has 0 saturated heterocycles. The Morgan fingerprint density at radius 1 is 1.26 bits per heavy atom. The van der Waals surface area contributed by atoms with E-state index in [1.165, 1.54) is 12.1 Å². The van der Waals surface area contributed by atoms with Gasteiger partial charge in [0.2, 0.25) is 5.91 Å². The molecule has 1 aromatic rings. The van der Waals surface area contributed by atoms with E-state index >= 15 is 0 Å². The topological polar surface area (TPSA) is 38.3 Å². The van der Waals surface area contributed by atoms with Gasteiger partial charge in [-0.15, -0.1) is 0 Å². The summed E-state index contributed by atoms with van der Waals surface area (Å²) in [6.07, 6.45) is -2.46. The second-order valence-corrected chi connectivity index (χ2v) is 4.54. The van der Waals surface area contributed by atoms with Crippen LogP contribution in [0.1, 0.15) is 18.4 Å². The van der Waals surface area contributed by atoms with Crippen molar-refractivity contribution < 1.29 is 22.7 Å². The van der Waals surface area contributed by atoms with Gasteiger partial charge in [0.05, 0.1) is 0 Å². The van der Waals surface area contributed by atoms with E-state index in [4.69, 9.17) is 0 Å². The quantitative estimate of drug-likeness (QED) is 0.895. The minimum Gasteiger partial charge on any atom is -0.484 e. The van der Waals surface area contributed by atoms with Crippen molar-refractivity contribution in [2.24, 2.45) is 5.92 Å². The standard InChI is InChI=1S/C13H14F3NO2/c14-13(15,16)8-19-11-5-1-9(2-6-11)7-17-12(18)10-3-4-10/h1-2,5-6,10H,3-4,7-8H2,(H,17,18). The summed E-state index contributed by atoms with van der Waals surface area (Å²) in [4.78, 5) is 11.4. The Morgan fingerprint density at radius 2 is 1.89 bits per heavy atom. The molecule has 1 amide bonds. The van der Waals surface area contributed by atoms with Crippen LogP contribution in [0.4, 0.5) is 13.2 Å². The van der Waals surface area contributed by atoms with E-state index in [0.29, 0.717) is 6.54 Å². The molecule has 0 unspecified atom stereocenters. The molecule has 104 valence electrons. The molecule has 19 heavy (non-hydrogen) atoms. The lowest BCUT2D eigenvalue weighted by atomic mass is 10.2. The molecular formula is C13H14F3NO2. The van der Waals surface area contributed by atoms with Gasteiger partial charge in [0.15, 0.2) is 6.61 Å². The first-order valence-electron chi connectivity index (χ1n) is 6.00. The number of halogens is 3. The Hall–Kier alpha value is -1.72. The molecule has 0 spiro atoms. The minimum absolute atomic E-state index is 0.0393. The van der Waals surface area contributed by atoms with E-state index in [0.717, 1.165) is 18.4 Å². The summed E-state index contributed by atoms with van der Waals surface area (Å²) in [5, 5.41) is 2.78. The Labute approximate surface area is 108 Å². The lowest BCUT2D eigenvalue weighted by Gasteiger charge is -2.10. The molecule has 0 heterocycles. The van der Waals surface area contributed by atoms with Gasteiger partial charge in [-0.05, 0) is 30.5 Å². The lowest BCUT2D eigenvalue weighted by Crippen LogP contribution is -2.24. The number of hydrogen-bond acceptors (Lipinski definition) is 2. The zero-order valence-corrected chi connectivity index (χ0v) is 10.2. The molecular weight excluding hydrogens is 259 g/mol. The lowest BCUT2D eigenvalue weighted by molar-refractivity contribution is -0.153. The van der Waals surface area contributed by atoms with E-state index in [9.17, 15) is 18.0 Å². The molecule has 0 atom stereocenters. The van der Waals surface area contributed by atoms with Crippen LogP contribution in [0.25, 0.3) is 0 Å². The molecule has 0 bridgehead atoms. The second kappa shape index (κ2) is 5.50. The molecule has 1 N–H and O–H groups in total. The predicted octanol–water partition coefficient (Wildman–Crippen LogP) is 2.65. The van der Waals surface area contributed by atoms with Crippen molar-refractivity contribution in [3.63, 3.8) is 0 Å². The van der Waals surface area contributed by atoms with Crippen LogP contribution in [0.5, 0.6) is 5.75 Å². The van der Waals surface area contributed by atoms with Gasteiger partial charge in [0.1, 0.15) is 5.75 Å². The minimum atomic E-state index is -4.34. The van der Waals surface area contributed by atoms with E-state index in [-0.39, 0.29) is 17.6 Å². The molecule has 0 radical (unpaired) electrons. The van der Waals surface area contributed by atoms with Gasteiger partial charge >= 0.3 is 6.18 Å². The molecule has 1 aliphatic rings. The maximum Gasteiger partial charge on any atom is 0.422 e. The third kappa shape index (κ3) is 4.81. The first-order valence-corrected chi connectivity index (χ1v) is 6.00. The summed E-state index contributed by atoms with van der Waals surface area (Å²) in [6, 6.07) is 6.20. The van der Waals surface area contributed by atoms with Crippen molar-refractivity contribution in [1.82, 2.24) is 5.32 Å². The van der Waals surface area contributed by atoms with Crippen molar-refractivity contribution >= 4 is 5.91 Å². The van der Waals surface area contributed by atoms with E-state index in [2.05, 4.69) is 10.1 Å². The molecule has 6 heteroatoms. The number of rotatable bonds is 5. The van der Waals surface area contributed by atoms with Crippen LogP contribution in [0.15, 0.2) is 24.3 Å². The van der Waals surface area contributed by atoms with Gasteiger partial charge in [-0.2, -0.15) is 13.2 Å². The Kier molecular flexibility index (Phi) is 3.97. The van der Waals surface area contributed by atoms with E-state index in [1.54, 1.807) is 12.1 Å². The largest absolute Gasteiger partial charge is 0.484 e. The fourth-order valence-electron chi connectivity index (χ4n) is 1.55. The number of hydrogen-bond donors (Lipinski definition) is 1. The normalized spacial score (nSPS) is 15.1. The Bertz CT molecular complexity index is 438. The smallest absolute Gasteiger partial charge is 0.422 e. The van der Waals surface area contributed by atoms with Crippen molar-refractivity contribution in [3.8, 4) is 5.75 Å². The number of carbonyl (C=O) groups is 1. The van der Waals surface area contributed by atoms with E-state index in [1.807, 2.05) is 0 Å². The average Bonchev–Trinajstić information content (AvgIpc) is 3.18. The number of nitrogens with one attached hydrogen (secondary N) is 1. The maximum absolute atomic E-state index is 11.9. The summed E-state index contributed by atoms with van der Waals surface area (Å²) in [5.74, 6) is 0.349. The van der Waals surface area contributed by atoms with Gasteiger partial charge < -0.3 is 10.1 Å². The first kappa shape index (κ1) is 13.7. The molecule has 2 rings (SSSR count). The van der Waals surface area contributed by atoms with Crippen LogP contribution in [-0.2, 0) is 11.3 Å². The molecule has 1 fully saturated rings. The number of ether oxygens (including phenoxy) is 1. The fourth-order valence-corrected chi connectivity index (χ4v) is 1.55. The highest BCUT2D eigenvalue weighted by Gasteiger charge is 2.29. The Morgan fingerprint density at radius 3 is 2.42 bits per heavy atom. The van der Waals surface area contributed by atoms with Crippen molar-refractivity contribution in [2.75, 3.05) is 6.61 Å². The maximum atomic E-state index is 11.9. The summed E-state index contributed by atoms with van der Waals surface area (Å²) in [5.41, 5.74) is 0.827. The summed E-state index contributed by atoms with van der Waals surface area (Å²) in [7, 11) is 0. The molecule has 0 aliphatic heterocycles. The summed E-state index contributed by atoms with van der Waals surface area (Å²) < 4.78 is 40.4. The van der Waals surface area contributed by atoms with Gasteiger partial charge in [-0.1, -0.05) is 12.1 Å². The zero-order valence-electron chi connectivity index (χ0n) is 10.2. The number of benzene rings is 1. The number of amides is 1. The predicted molar refractivity (Wildman–Crippen MR) is 62.6 cm³/mol. The Balaban J connectivity index is 1.78. The zero-order chi connectivity index (χ0) is 13.9. The molecule has 1 saturated carbocycles. The van der Waals surface area contributed by atoms with Gasteiger partial charge in [0, 0.05) is 12.5 Å². The van der Waals surface area contributed by atoms with Crippen LogP contribution < -0.4 is 10.1 Å². The third-order valence-electron chi connectivity index (χ3n) is 2.74. The van der Waals surface area contributed by atoms with Crippen LogP contribution in [0.2, 0.25) is 0 Å². The monoisotopic (exact) mass is 273 g/mol. The highest BCUT2D eigenvalue weighted by molar-refractivity contribution is 5.80. The van der Waals surface area contributed by atoms with E-state index < -0.39 is 12.8 Å². The van der Waals surface area contributed by atoms with Crippen LogP contribution in [-0.4, -0.2) is 18.7 Å². The van der Waals surface area contributed by atoms with Crippen LogP contribution in [0.3, 0.4) is 0 Å². The fraction of sp³-hybridized carbons (Fsp3) is 0.462. The van der Waals surface area contributed by atoms with Crippen LogP contribution in [0, 0.1) is 5.92 Å². The van der Waals surface area contributed by atoms with Gasteiger partial charge in [-0.3, -0.25) is 4.79 Å². The first-order chi connectivity index (χ1) is 8.94. The molecule has 0 aromatic heterocycles. The highest BCUT2D eigenvalue weighted by Crippen LogP contribution is 2.28. The van der Waals surface area contributed by atoms with Gasteiger partial charge in [0.25, 0.3) is 0 Å². The average molecular weight is 273 g/mol. The van der Waals surface area contributed by atoms with Crippen molar-refractivity contribution in [1.29, 1.82) is 0 Å². The molecule has 1 aliphatic carbocycles. The van der Waals surface area contributed by atoms with Crippen LogP contribution >= 0.6 is 0 Å². The number of carbonyl (C=O) groups excluding carboxylic acids is 1. The molecule has 1 aromatic carbocycles. The SMILES string of the molecule is O=C(NCc1ccc(OCC(F)(F)F)cc1)C1CC1.